The van der Waals surface area contributed by atoms with Gasteiger partial charge in [0.15, 0.2) is 0 Å². The Balaban J connectivity index is 1.45. The molecule has 1 fully saturated rings. The van der Waals surface area contributed by atoms with Crippen molar-refractivity contribution in [2.24, 2.45) is 5.92 Å². The summed E-state index contributed by atoms with van der Waals surface area (Å²) in [6.45, 7) is 2.89. The first kappa shape index (κ1) is 17.3. The fraction of sp³-hybridized carbons (Fsp3) is 0.333. The second kappa shape index (κ2) is 8.04. The number of piperidine rings is 1. The molecule has 1 aliphatic rings. The number of halogens is 1. The fourth-order valence-electron chi connectivity index (χ4n) is 3.21. The summed E-state index contributed by atoms with van der Waals surface area (Å²) in [5, 5.41) is 0. The van der Waals surface area contributed by atoms with Gasteiger partial charge >= 0.3 is 0 Å². The molecule has 2 aromatic rings. The molecule has 0 saturated carbocycles. The van der Waals surface area contributed by atoms with Crippen LogP contribution >= 0.6 is 0 Å². The Morgan fingerprint density at radius 2 is 1.72 bits per heavy atom. The van der Waals surface area contributed by atoms with Crippen LogP contribution in [-0.2, 0) is 6.42 Å². The van der Waals surface area contributed by atoms with E-state index in [2.05, 4.69) is 16.7 Å². The molecule has 0 unspecified atom stereocenters. The quantitative estimate of drug-likeness (QED) is 0.667. The predicted molar refractivity (Wildman–Crippen MR) is 101 cm³/mol. The van der Waals surface area contributed by atoms with E-state index in [0.717, 1.165) is 44.5 Å². The van der Waals surface area contributed by atoms with Crippen molar-refractivity contribution in [2.45, 2.75) is 19.3 Å². The smallest absolute Gasteiger partial charge is 0.123 e. The molecule has 0 spiro atoms. The standard InChI is InChI=1S/C21H24FN3/c22-19-6-3-17(4-7-19)14-18-9-12-25(13-10-18)11-1-2-16-5-8-20(23)21(24)15-16/h3-8,15,18H,9-14,23-24H2. The molecule has 1 saturated heterocycles. The van der Waals surface area contributed by atoms with Gasteiger partial charge in [0.25, 0.3) is 0 Å². The summed E-state index contributed by atoms with van der Waals surface area (Å²) < 4.78 is 13.0. The highest BCUT2D eigenvalue weighted by Gasteiger charge is 2.18. The molecule has 2 aromatic carbocycles. The van der Waals surface area contributed by atoms with Crippen LogP contribution in [0.1, 0.15) is 24.0 Å². The van der Waals surface area contributed by atoms with E-state index in [1.807, 2.05) is 24.3 Å². The van der Waals surface area contributed by atoms with Crippen molar-refractivity contribution in [2.75, 3.05) is 31.1 Å². The average molecular weight is 337 g/mol. The lowest BCUT2D eigenvalue weighted by molar-refractivity contribution is 0.203. The highest BCUT2D eigenvalue weighted by Crippen LogP contribution is 2.21. The lowest BCUT2D eigenvalue weighted by Gasteiger charge is -2.30. The number of hydrogen-bond acceptors (Lipinski definition) is 3. The maximum Gasteiger partial charge on any atom is 0.123 e. The summed E-state index contributed by atoms with van der Waals surface area (Å²) in [5.41, 5.74) is 14.8. The largest absolute Gasteiger partial charge is 0.397 e. The van der Waals surface area contributed by atoms with Gasteiger partial charge in [0.05, 0.1) is 17.9 Å². The Morgan fingerprint density at radius 1 is 1.00 bits per heavy atom. The topological polar surface area (TPSA) is 55.3 Å². The molecule has 25 heavy (non-hydrogen) atoms. The average Bonchev–Trinajstić information content (AvgIpc) is 2.61. The van der Waals surface area contributed by atoms with Crippen LogP contribution in [-0.4, -0.2) is 24.5 Å². The van der Waals surface area contributed by atoms with Gasteiger partial charge in [0.2, 0.25) is 0 Å². The van der Waals surface area contributed by atoms with Crippen molar-refractivity contribution >= 4 is 11.4 Å². The lowest BCUT2D eigenvalue weighted by atomic mass is 9.90. The minimum absolute atomic E-state index is 0.167. The molecule has 130 valence electrons. The third kappa shape index (κ3) is 4.98. The van der Waals surface area contributed by atoms with E-state index < -0.39 is 0 Å². The number of nitrogens with two attached hydrogens (primary N) is 2. The second-order valence-corrected chi connectivity index (χ2v) is 6.70. The zero-order valence-corrected chi connectivity index (χ0v) is 14.3. The molecule has 0 aliphatic carbocycles. The third-order valence-electron chi connectivity index (χ3n) is 4.77. The second-order valence-electron chi connectivity index (χ2n) is 6.70. The Hall–Kier alpha value is -2.51. The van der Waals surface area contributed by atoms with Crippen LogP contribution in [0.15, 0.2) is 42.5 Å². The van der Waals surface area contributed by atoms with Gasteiger partial charge in [-0.1, -0.05) is 24.0 Å². The molecule has 0 bridgehead atoms. The third-order valence-corrected chi connectivity index (χ3v) is 4.77. The number of benzene rings is 2. The highest BCUT2D eigenvalue weighted by atomic mass is 19.1. The molecule has 4 heteroatoms. The first-order chi connectivity index (χ1) is 12.1. The summed E-state index contributed by atoms with van der Waals surface area (Å²) in [6.07, 6.45) is 3.35. The van der Waals surface area contributed by atoms with Gasteiger partial charge in [-0.3, -0.25) is 4.90 Å². The number of anilines is 2. The lowest BCUT2D eigenvalue weighted by Crippen LogP contribution is -2.34. The molecule has 0 atom stereocenters. The van der Waals surface area contributed by atoms with E-state index in [9.17, 15) is 4.39 Å². The molecular weight excluding hydrogens is 313 g/mol. The number of nitrogens with zero attached hydrogens (tertiary/aromatic N) is 1. The van der Waals surface area contributed by atoms with Gasteiger partial charge in [-0.15, -0.1) is 0 Å². The monoisotopic (exact) mass is 337 g/mol. The van der Waals surface area contributed by atoms with Crippen molar-refractivity contribution in [3.8, 4) is 11.8 Å². The van der Waals surface area contributed by atoms with Gasteiger partial charge in [0.1, 0.15) is 5.82 Å². The van der Waals surface area contributed by atoms with E-state index >= 15 is 0 Å². The maximum absolute atomic E-state index is 13.0. The molecule has 0 aromatic heterocycles. The van der Waals surface area contributed by atoms with Crippen molar-refractivity contribution in [1.29, 1.82) is 0 Å². The van der Waals surface area contributed by atoms with Crippen LogP contribution in [0.5, 0.6) is 0 Å². The van der Waals surface area contributed by atoms with Gasteiger partial charge < -0.3 is 11.5 Å². The van der Waals surface area contributed by atoms with E-state index in [-0.39, 0.29) is 5.82 Å². The zero-order chi connectivity index (χ0) is 17.6. The SMILES string of the molecule is Nc1ccc(C#CCN2CCC(Cc3ccc(F)cc3)CC2)cc1N. The van der Waals surface area contributed by atoms with Crippen molar-refractivity contribution in [3.05, 3.63) is 59.4 Å². The maximum atomic E-state index is 13.0. The van der Waals surface area contributed by atoms with E-state index in [1.165, 1.54) is 5.56 Å². The molecule has 0 amide bonds. The summed E-state index contributed by atoms with van der Waals surface area (Å²) >= 11 is 0. The van der Waals surface area contributed by atoms with E-state index in [4.69, 9.17) is 11.5 Å². The summed E-state index contributed by atoms with van der Waals surface area (Å²) in [4.78, 5) is 2.38. The van der Waals surface area contributed by atoms with E-state index in [0.29, 0.717) is 17.3 Å². The molecule has 0 radical (unpaired) electrons. The Labute approximate surface area is 148 Å². The summed E-state index contributed by atoms with van der Waals surface area (Å²) in [5.74, 6) is 6.89. The number of likely N-dealkylation sites (tertiary alicyclic amines) is 1. The number of nitrogen functional groups attached to an aromatic ring is 2. The Bertz CT molecular complexity index is 766. The molecule has 4 N–H and O–H groups in total. The number of rotatable bonds is 3. The van der Waals surface area contributed by atoms with E-state index in [1.54, 1.807) is 18.2 Å². The summed E-state index contributed by atoms with van der Waals surface area (Å²) in [7, 11) is 0. The fourth-order valence-corrected chi connectivity index (χ4v) is 3.21. The van der Waals surface area contributed by atoms with Crippen LogP contribution in [0, 0.1) is 23.6 Å². The Kier molecular flexibility index (Phi) is 5.57. The summed E-state index contributed by atoms with van der Waals surface area (Å²) in [6, 6.07) is 12.4. The first-order valence-corrected chi connectivity index (χ1v) is 8.71. The Morgan fingerprint density at radius 3 is 2.40 bits per heavy atom. The van der Waals surface area contributed by atoms with Crippen molar-refractivity contribution < 1.29 is 4.39 Å². The zero-order valence-electron chi connectivity index (χ0n) is 14.3. The normalized spacial score (nSPS) is 15.6. The van der Waals surface area contributed by atoms with Crippen molar-refractivity contribution in [3.63, 3.8) is 0 Å². The van der Waals surface area contributed by atoms with Crippen LogP contribution in [0.3, 0.4) is 0 Å². The van der Waals surface area contributed by atoms with Gasteiger partial charge in [-0.2, -0.15) is 0 Å². The van der Waals surface area contributed by atoms with Gasteiger partial charge in [0, 0.05) is 5.56 Å². The van der Waals surface area contributed by atoms with Crippen molar-refractivity contribution in [1.82, 2.24) is 4.90 Å². The predicted octanol–water partition coefficient (Wildman–Crippen LogP) is 3.30. The van der Waals surface area contributed by atoms with Crippen LogP contribution in [0.25, 0.3) is 0 Å². The highest BCUT2D eigenvalue weighted by molar-refractivity contribution is 5.65. The minimum Gasteiger partial charge on any atom is -0.397 e. The first-order valence-electron chi connectivity index (χ1n) is 8.71. The molecule has 3 nitrogen and oxygen atoms in total. The number of hydrogen-bond donors (Lipinski definition) is 2. The van der Waals surface area contributed by atoms with Crippen LogP contribution < -0.4 is 11.5 Å². The van der Waals surface area contributed by atoms with Gasteiger partial charge in [-0.05, 0) is 74.2 Å². The van der Waals surface area contributed by atoms with Gasteiger partial charge in [-0.25, -0.2) is 4.39 Å². The van der Waals surface area contributed by atoms with Crippen LogP contribution in [0.2, 0.25) is 0 Å². The molecular formula is C21H24FN3. The molecule has 1 heterocycles. The molecule has 3 rings (SSSR count). The van der Waals surface area contributed by atoms with Crippen LogP contribution in [0.4, 0.5) is 15.8 Å². The molecule has 1 aliphatic heterocycles. The minimum atomic E-state index is -0.167.